The average Bonchev–Trinajstić information content (AvgIpc) is 2.05. The first kappa shape index (κ1) is 13.1. The Morgan fingerprint density at radius 2 is 1.31 bits per heavy atom. The number of hydrogen-bond donors (Lipinski definition) is 2. The van der Waals surface area contributed by atoms with E-state index in [1.807, 2.05) is 9.44 Å². The molecule has 13 heavy (non-hydrogen) atoms. The van der Waals surface area contributed by atoms with Gasteiger partial charge in [-0.05, 0) is 21.3 Å². The first-order chi connectivity index (χ1) is 5.81. The van der Waals surface area contributed by atoms with E-state index in [2.05, 4.69) is 0 Å². The fourth-order valence-corrected chi connectivity index (χ4v) is 4.27. The highest BCUT2D eigenvalue weighted by atomic mass is 32.3. The van der Waals surface area contributed by atoms with E-state index in [4.69, 9.17) is 0 Å². The third-order valence-corrected chi connectivity index (χ3v) is 6.42. The Balaban J connectivity index is 5.18. The van der Waals surface area contributed by atoms with Gasteiger partial charge in [-0.2, -0.15) is 16.8 Å². The molecule has 0 atom stereocenters. The van der Waals surface area contributed by atoms with Gasteiger partial charge in [-0.25, -0.2) is 9.44 Å². The Bertz CT molecular complexity index is 312. The smallest absolute Gasteiger partial charge is 0.204 e. The molecule has 10 heteroatoms. The normalized spacial score (nSPS) is 13.5. The van der Waals surface area contributed by atoms with Crippen molar-refractivity contribution < 1.29 is 16.8 Å². The van der Waals surface area contributed by atoms with Gasteiger partial charge in [0, 0.05) is 14.1 Å². The maximum atomic E-state index is 11.1. The topological polar surface area (TPSA) is 95.6 Å². The van der Waals surface area contributed by atoms with Gasteiger partial charge in [0.2, 0.25) is 0 Å². The molecule has 0 fully saturated rings. The Morgan fingerprint density at radius 3 is 1.46 bits per heavy atom. The van der Waals surface area contributed by atoms with Crippen molar-refractivity contribution in [3.05, 3.63) is 0 Å². The lowest BCUT2D eigenvalue weighted by molar-refractivity contribution is 0.545. The Labute approximate surface area is 82.4 Å². The van der Waals surface area contributed by atoms with Crippen LogP contribution in [0.1, 0.15) is 0 Å². The molecule has 0 unspecified atom stereocenters. The van der Waals surface area contributed by atoms with E-state index in [0.717, 1.165) is 14.1 Å². The van der Waals surface area contributed by atoms with Gasteiger partial charge in [-0.3, -0.25) is 0 Å². The lowest BCUT2D eigenvalue weighted by Crippen LogP contribution is -2.43. The summed E-state index contributed by atoms with van der Waals surface area (Å²) in [5.41, 5.74) is 0. The molecule has 0 spiro atoms. The second-order valence-electron chi connectivity index (χ2n) is 1.76. The molecule has 0 saturated carbocycles. The molecule has 2 N–H and O–H groups in total. The molecular formula is C3H11N3O4S3. The molecule has 0 rings (SSSR count). The van der Waals surface area contributed by atoms with E-state index in [1.165, 1.54) is 6.26 Å². The van der Waals surface area contributed by atoms with Gasteiger partial charge >= 0.3 is 20.4 Å². The zero-order chi connectivity index (χ0) is 10.7. The summed E-state index contributed by atoms with van der Waals surface area (Å²) in [5.74, 6) is 0. The van der Waals surface area contributed by atoms with Crippen LogP contribution in [0.5, 0.6) is 0 Å². The molecule has 0 amide bonds. The fraction of sp³-hybridized carbons (Fsp3) is 1.00. The largest absolute Gasteiger partial charge is 0.303 e. The number of nitrogens with zero attached hydrogens (tertiary/aromatic N) is 1. The van der Waals surface area contributed by atoms with Gasteiger partial charge in [0.15, 0.2) is 0 Å². The van der Waals surface area contributed by atoms with Crippen molar-refractivity contribution in [2.75, 3.05) is 20.4 Å². The highest BCUT2D eigenvalue weighted by Crippen LogP contribution is 2.14. The molecule has 0 heterocycles. The summed E-state index contributed by atoms with van der Waals surface area (Å²) in [5, 5.41) is 0. The summed E-state index contributed by atoms with van der Waals surface area (Å²) in [7, 11) is -5.71. The molecule has 0 aliphatic rings. The van der Waals surface area contributed by atoms with Crippen LogP contribution in [0.2, 0.25) is 0 Å². The minimum absolute atomic E-state index is 0.250. The van der Waals surface area contributed by atoms with Crippen molar-refractivity contribution in [3.8, 4) is 0 Å². The van der Waals surface area contributed by atoms with Crippen LogP contribution in [0.3, 0.4) is 0 Å². The molecule has 0 aliphatic carbocycles. The van der Waals surface area contributed by atoms with E-state index in [-0.39, 0.29) is 3.12 Å². The summed E-state index contributed by atoms with van der Waals surface area (Å²) >= 11 is 0.565. The monoisotopic (exact) mass is 249 g/mol. The van der Waals surface area contributed by atoms with Crippen LogP contribution in [0.15, 0.2) is 0 Å². The Hall–Kier alpha value is 0.130. The Kier molecular flexibility index (Phi) is 4.62. The quantitative estimate of drug-likeness (QED) is 0.578. The van der Waals surface area contributed by atoms with Crippen molar-refractivity contribution in [1.82, 2.24) is 12.6 Å². The lowest BCUT2D eigenvalue weighted by Gasteiger charge is -2.16. The lowest BCUT2D eigenvalue weighted by atomic mass is 11.6. The molecule has 0 saturated heterocycles. The van der Waals surface area contributed by atoms with Crippen molar-refractivity contribution in [2.24, 2.45) is 0 Å². The van der Waals surface area contributed by atoms with Crippen LogP contribution in [0.4, 0.5) is 0 Å². The number of nitrogens with one attached hydrogen (secondary N) is 2. The highest BCUT2D eigenvalue weighted by Gasteiger charge is 2.31. The zero-order valence-corrected chi connectivity index (χ0v) is 9.75. The second kappa shape index (κ2) is 4.57. The maximum absolute atomic E-state index is 11.1. The molecule has 0 aromatic carbocycles. The summed E-state index contributed by atoms with van der Waals surface area (Å²) in [6, 6.07) is 0. The van der Waals surface area contributed by atoms with Gasteiger partial charge < -0.3 is 0 Å². The van der Waals surface area contributed by atoms with E-state index >= 15 is 0 Å². The van der Waals surface area contributed by atoms with Crippen molar-refractivity contribution in [1.29, 1.82) is 0 Å². The molecule has 0 aliphatic heterocycles. The van der Waals surface area contributed by atoms with Crippen LogP contribution in [-0.2, 0) is 20.4 Å². The minimum atomic E-state index is -3.98. The maximum Gasteiger partial charge on any atom is 0.303 e. The Morgan fingerprint density at radius 1 is 1.00 bits per heavy atom. The van der Waals surface area contributed by atoms with E-state index in [9.17, 15) is 16.8 Å². The van der Waals surface area contributed by atoms with Gasteiger partial charge in [0.05, 0.1) is 0 Å². The van der Waals surface area contributed by atoms with Gasteiger partial charge in [0.1, 0.15) is 0 Å². The average molecular weight is 249 g/mol. The van der Waals surface area contributed by atoms with Crippen LogP contribution >= 0.6 is 11.9 Å². The number of rotatable bonds is 5. The fourth-order valence-electron chi connectivity index (χ4n) is 0.475. The van der Waals surface area contributed by atoms with Gasteiger partial charge in [0.25, 0.3) is 0 Å². The molecule has 0 bridgehead atoms. The highest BCUT2D eigenvalue weighted by molar-refractivity contribution is 8.19. The minimum Gasteiger partial charge on any atom is -0.204 e. The third kappa shape index (κ3) is 3.07. The van der Waals surface area contributed by atoms with Crippen LogP contribution in [-0.4, -0.2) is 40.3 Å². The van der Waals surface area contributed by atoms with Gasteiger partial charge in [-0.1, -0.05) is 0 Å². The third-order valence-electron chi connectivity index (χ3n) is 1.06. The second-order valence-corrected chi connectivity index (χ2v) is 6.64. The van der Waals surface area contributed by atoms with E-state index in [1.54, 1.807) is 0 Å². The molecule has 0 aromatic rings. The van der Waals surface area contributed by atoms with Gasteiger partial charge in [-0.15, -0.1) is 0 Å². The van der Waals surface area contributed by atoms with Crippen LogP contribution < -0.4 is 9.44 Å². The van der Waals surface area contributed by atoms with E-state index in [0.29, 0.717) is 11.9 Å². The standard InChI is InChI=1S/C3H11N3O4S3/c1-4-12(7,8)6(11-3)13(9,10)5-2/h4-5H,1-3H3. The summed E-state index contributed by atoms with van der Waals surface area (Å²) < 4.78 is 48.5. The first-order valence-corrected chi connectivity index (χ1v) is 7.09. The predicted octanol–water partition coefficient (Wildman–Crippen LogP) is -1.51. The summed E-state index contributed by atoms with van der Waals surface area (Å²) in [6.07, 6.45) is 1.34. The zero-order valence-electron chi connectivity index (χ0n) is 7.30. The van der Waals surface area contributed by atoms with Crippen molar-refractivity contribution >= 4 is 32.4 Å². The predicted molar refractivity (Wildman–Crippen MR) is 51.3 cm³/mol. The molecule has 0 aromatic heterocycles. The van der Waals surface area contributed by atoms with Crippen LogP contribution in [0.25, 0.3) is 0 Å². The number of hydrogen-bond acceptors (Lipinski definition) is 5. The molecule has 80 valence electrons. The molecule has 0 radical (unpaired) electrons. The first-order valence-electron chi connectivity index (χ1n) is 3.03. The SMILES string of the molecule is CNS(=O)(=O)N(SC)S(=O)(=O)NC. The van der Waals surface area contributed by atoms with Crippen molar-refractivity contribution in [2.45, 2.75) is 0 Å². The summed E-state index contributed by atoms with van der Waals surface area (Å²) in [4.78, 5) is 0. The van der Waals surface area contributed by atoms with E-state index < -0.39 is 20.4 Å². The van der Waals surface area contributed by atoms with Crippen molar-refractivity contribution in [3.63, 3.8) is 0 Å². The van der Waals surface area contributed by atoms with Crippen LogP contribution in [0, 0.1) is 0 Å². The molecule has 7 nitrogen and oxygen atoms in total. The summed E-state index contributed by atoms with van der Waals surface area (Å²) in [6.45, 7) is 0. The molecular weight excluding hydrogens is 238 g/mol.